The van der Waals surface area contributed by atoms with Gasteiger partial charge in [-0.3, -0.25) is 0 Å². The number of hydrogen-bond donors (Lipinski definition) is 2. The lowest BCUT2D eigenvalue weighted by Crippen LogP contribution is -2.45. The van der Waals surface area contributed by atoms with Gasteiger partial charge in [0.1, 0.15) is 5.82 Å². The van der Waals surface area contributed by atoms with Crippen molar-refractivity contribution < 1.29 is 5.11 Å². The van der Waals surface area contributed by atoms with Crippen LogP contribution >= 0.6 is 0 Å². The van der Waals surface area contributed by atoms with Crippen LogP contribution in [0.5, 0.6) is 0 Å². The molecule has 21 heavy (non-hydrogen) atoms. The Hall–Kier alpha value is -1.29. The summed E-state index contributed by atoms with van der Waals surface area (Å²) in [4.78, 5) is 6.39. The first kappa shape index (κ1) is 16.1. The molecule has 4 heteroatoms. The van der Waals surface area contributed by atoms with Crippen molar-refractivity contribution in [1.29, 1.82) is 0 Å². The van der Waals surface area contributed by atoms with E-state index in [9.17, 15) is 5.11 Å². The molecule has 1 aromatic rings. The second-order valence-electron chi connectivity index (χ2n) is 7.04. The first-order chi connectivity index (χ1) is 9.90. The second kappa shape index (κ2) is 6.65. The molecule has 118 valence electrons. The van der Waals surface area contributed by atoms with Gasteiger partial charge in [-0.2, -0.15) is 0 Å². The van der Waals surface area contributed by atoms with Gasteiger partial charge in [-0.05, 0) is 49.7 Å². The lowest BCUT2D eigenvalue weighted by atomic mass is 9.86. The highest BCUT2D eigenvalue weighted by Gasteiger charge is 2.45. The van der Waals surface area contributed by atoms with Crippen LogP contribution in [0, 0.1) is 11.8 Å². The molecule has 0 aromatic carbocycles. The van der Waals surface area contributed by atoms with E-state index >= 15 is 0 Å². The van der Waals surface area contributed by atoms with E-state index in [0.717, 1.165) is 37.5 Å². The molecule has 0 radical (unpaired) electrons. The van der Waals surface area contributed by atoms with Crippen LogP contribution in [0.2, 0.25) is 0 Å². The average molecular weight is 291 g/mol. The van der Waals surface area contributed by atoms with Crippen LogP contribution in [-0.2, 0) is 0 Å². The van der Waals surface area contributed by atoms with Crippen molar-refractivity contribution in [2.24, 2.45) is 11.8 Å². The highest BCUT2D eigenvalue weighted by molar-refractivity contribution is 5.48. The first-order valence-electron chi connectivity index (χ1n) is 8.09. The third-order valence-corrected chi connectivity index (χ3v) is 4.10. The molecule has 2 heterocycles. The van der Waals surface area contributed by atoms with Crippen molar-refractivity contribution >= 4 is 11.5 Å². The minimum absolute atomic E-state index is 0.391. The standard InChI is InChI=1S/C13H19N3O.C4H10/c14-12-4-3-11(9-15-12)16-7-5-13(17,6-8-16)10-1-2-10;1-4(2)3/h3-4,9-10,17H,1-2,5-8H2,(H2,14,15);4H,1-3H3. The van der Waals surface area contributed by atoms with Gasteiger partial charge < -0.3 is 15.7 Å². The number of anilines is 2. The normalized spacial score (nSPS) is 20.9. The molecular weight excluding hydrogens is 262 g/mol. The summed E-state index contributed by atoms with van der Waals surface area (Å²) in [7, 11) is 0. The number of nitrogens with two attached hydrogens (primary N) is 1. The summed E-state index contributed by atoms with van der Waals surface area (Å²) >= 11 is 0. The Labute approximate surface area is 128 Å². The van der Waals surface area contributed by atoms with Crippen LogP contribution in [0.3, 0.4) is 0 Å². The molecule has 0 bridgehead atoms. The Morgan fingerprint density at radius 1 is 1.24 bits per heavy atom. The van der Waals surface area contributed by atoms with Crippen LogP contribution in [0.1, 0.15) is 46.5 Å². The van der Waals surface area contributed by atoms with Gasteiger partial charge in [-0.25, -0.2) is 4.98 Å². The highest BCUT2D eigenvalue weighted by Crippen LogP contribution is 2.45. The maximum absolute atomic E-state index is 10.5. The smallest absolute Gasteiger partial charge is 0.123 e. The number of hydrogen-bond acceptors (Lipinski definition) is 4. The van der Waals surface area contributed by atoms with Crippen LogP contribution in [0.4, 0.5) is 11.5 Å². The van der Waals surface area contributed by atoms with Crippen molar-refractivity contribution in [3.05, 3.63) is 18.3 Å². The Morgan fingerprint density at radius 2 is 1.81 bits per heavy atom. The van der Waals surface area contributed by atoms with Gasteiger partial charge in [-0.15, -0.1) is 0 Å². The molecule has 2 aliphatic rings. The minimum atomic E-state index is -0.391. The predicted octanol–water partition coefficient (Wildman–Crippen LogP) is 3.07. The first-order valence-corrected chi connectivity index (χ1v) is 8.09. The van der Waals surface area contributed by atoms with E-state index in [-0.39, 0.29) is 0 Å². The summed E-state index contributed by atoms with van der Waals surface area (Å²) in [6, 6.07) is 3.83. The fourth-order valence-electron chi connectivity index (χ4n) is 2.77. The quantitative estimate of drug-likeness (QED) is 0.879. The summed E-state index contributed by atoms with van der Waals surface area (Å²) in [5.41, 5.74) is 6.29. The number of piperidine rings is 1. The van der Waals surface area contributed by atoms with Gasteiger partial charge >= 0.3 is 0 Å². The lowest BCUT2D eigenvalue weighted by Gasteiger charge is -2.39. The Kier molecular flexibility index (Phi) is 5.09. The molecule has 0 spiro atoms. The Morgan fingerprint density at radius 3 is 2.24 bits per heavy atom. The van der Waals surface area contributed by atoms with Gasteiger partial charge in [-0.1, -0.05) is 20.8 Å². The number of nitrogens with zero attached hydrogens (tertiary/aromatic N) is 2. The summed E-state index contributed by atoms with van der Waals surface area (Å²) in [6.45, 7) is 8.33. The van der Waals surface area contributed by atoms with E-state index < -0.39 is 5.60 Å². The van der Waals surface area contributed by atoms with Gasteiger partial charge in [0.2, 0.25) is 0 Å². The summed E-state index contributed by atoms with van der Waals surface area (Å²) in [5, 5.41) is 10.5. The van der Waals surface area contributed by atoms with Crippen molar-refractivity contribution in [3.8, 4) is 0 Å². The van der Waals surface area contributed by atoms with E-state index in [1.165, 1.54) is 12.8 Å². The molecule has 1 saturated heterocycles. The third kappa shape index (κ3) is 4.60. The van der Waals surface area contributed by atoms with Crippen LogP contribution in [0.25, 0.3) is 0 Å². The van der Waals surface area contributed by atoms with Gasteiger partial charge in [0.15, 0.2) is 0 Å². The lowest BCUT2D eigenvalue weighted by molar-refractivity contribution is -0.00531. The summed E-state index contributed by atoms with van der Waals surface area (Å²) in [5.74, 6) is 1.95. The molecule has 1 saturated carbocycles. The molecule has 0 atom stereocenters. The number of aliphatic hydroxyl groups is 1. The molecule has 1 aliphatic carbocycles. The van der Waals surface area contributed by atoms with E-state index in [0.29, 0.717) is 11.7 Å². The Bertz CT molecular complexity index is 429. The molecule has 0 unspecified atom stereocenters. The maximum Gasteiger partial charge on any atom is 0.123 e. The minimum Gasteiger partial charge on any atom is -0.389 e. The zero-order valence-corrected chi connectivity index (χ0v) is 13.5. The van der Waals surface area contributed by atoms with Gasteiger partial charge in [0, 0.05) is 13.1 Å². The van der Waals surface area contributed by atoms with Crippen molar-refractivity contribution in [1.82, 2.24) is 4.98 Å². The molecule has 1 aliphatic heterocycles. The van der Waals surface area contributed by atoms with Crippen LogP contribution in [-0.4, -0.2) is 28.8 Å². The van der Waals surface area contributed by atoms with Crippen LogP contribution < -0.4 is 10.6 Å². The maximum atomic E-state index is 10.5. The fraction of sp³-hybridized carbons (Fsp3) is 0.706. The van der Waals surface area contributed by atoms with E-state index in [4.69, 9.17) is 5.73 Å². The molecule has 1 aromatic heterocycles. The van der Waals surface area contributed by atoms with Crippen molar-refractivity contribution in [2.45, 2.75) is 52.1 Å². The van der Waals surface area contributed by atoms with E-state index in [1.807, 2.05) is 18.3 Å². The zero-order valence-electron chi connectivity index (χ0n) is 13.5. The van der Waals surface area contributed by atoms with Crippen molar-refractivity contribution in [2.75, 3.05) is 23.7 Å². The number of aromatic nitrogens is 1. The van der Waals surface area contributed by atoms with E-state index in [2.05, 4.69) is 30.7 Å². The molecule has 0 amide bonds. The van der Waals surface area contributed by atoms with Crippen LogP contribution in [0.15, 0.2) is 18.3 Å². The highest BCUT2D eigenvalue weighted by atomic mass is 16.3. The molecule has 4 nitrogen and oxygen atoms in total. The largest absolute Gasteiger partial charge is 0.389 e. The number of pyridine rings is 1. The Balaban J connectivity index is 0.000000361. The molecule has 3 rings (SSSR count). The fourth-order valence-corrected chi connectivity index (χ4v) is 2.77. The van der Waals surface area contributed by atoms with Gasteiger partial charge in [0.05, 0.1) is 17.5 Å². The SMILES string of the molecule is CC(C)C.Nc1ccc(N2CCC(O)(C3CC3)CC2)cn1. The van der Waals surface area contributed by atoms with Crippen molar-refractivity contribution in [3.63, 3.8) is 0 Å². The average Bonchev–Trinajstić information content (AvgIpc) is 3.25. The van der Waals surface area contributed by atoms with Gasteiger partial charge in [0.25, 0.3) is 0 Å². The van der Waals surface area contributed by atoms with E-state index in [1.54, 1.807) is 0 Å². The third-order valence-electron chi connectivity index (χ3n) is 4.10. The zero-order chi connectivity index (χ0) is 15.5. The molecular formula is C17H29N3O. The summed E-state index contributed by atoms with van der Waals surface area (Å²) < 4.78 is 0. The number of rotatable bonds is 2. The molecule has 2 fully saturated rings. The number of nitrogen functional groups attached to an aromatic ring is 1. The molecule has 3 N–H and O–H groups in total. The predicted molar refractivity (Wildman–Crippen MR) is 88.3 cm³/mol. The topological polar surface area (TPSA) is 62.4 Å². The summed E-state index contributed by atoms with van der Waals surface area (Å²) in [6.07, 6.45) is 5.99. The monoisotopic (exact) mass is 291 g/mol. The second-order valence-corrected chi connectivity index (χ2v) is 7.04.